The maximum absolute atomic E-state index is 5.14. The first-order valence-electron chi connectivity index (χ1n) is 4.39. The van der Waals surface area contributed by atoms with Gasteiger partial charge in [0.15, 0.2) is 6.29 Å². The minimum Gasteiger partial charge on any atom is -0.383 e. The number of hydrogen-bond donors (Lipinski definition) is 0. The van der Waals surface area contributed by atoms with Gasteiger partial charge in [0.2, 0.25) is 0 Å². The smallest absolute Gasteiger partial charge is 0.200 e. The van der Waals surface area contributed by atoms with Crippen molar-refractivity contribution in [2.24, 2.45) is 0 Å². The zero-order valence-corrected chi connectivity index (χ0v) is 8.77. The average molecular weight is 200 g/mol. The molecule has 0 saturated carbocycles. The molecule has 0 radical (unpaired) electrons. The van der Waals surface area contributed by atoms with E-state index in [0.717, 1.165) is 5.69 Å². The molecule has 0 unspecified atom stereocenters. The van der Waals surface area contributed by atoms with Crippen LogP contribution in [0.4, 0.5) is 0 Å². The summed E-state index contributed by atoms with van der Waals surface area (Å²) in [6, 6.07) is 1.87. The van der Waals surface area contributed by atoms with E-state index >= 15 is 0 Å². The zero-order valence-electron chi connectivity index (χ0n) is 8.77. The van der Waals surface area contributed by atoms with Crippen LogP contribution in [-0.4, -0.2) is 37.7 Å². The molecule has 0 fully saturated rings. The Bertz CT molecular complexity index is 258. The van der Waals surface area contributed by atoms with E-state index in [1.807, 2.05) is 6.07 Å². The number of methoxy groups -OCH3 is 3. The van der Waals surface area contributed by atoms with E-state index in [1.165, 1.54) is 0 Å². The van der Waals surface area contributed by atoms with Gasteiger partial charge in [0.1, 0.15) is 0 Å². The monoisotopic (exact) mass is 200 g/mol. The van der Waals surface area contributed by atoms with Gasteiger partial charge in [-0.25, -0.2) is 0 Å². The quantitative estimate of drug-likeness (QED) is 0.638. The van der Waals surface area contributed by atoms with Gasteiger partial charge in [0, 0.05) is 27.5 Å². The van der Waals surface area contributed by atoms with Crippen LogP contribution in [-0.2, 0) is 20.8 Å². The van der Waals surface area contributed by atoms with Crippen LogP contribution in [0.1, 0.15) is 12.0 Å². The Balaban J connectivity index is 2.69. The van der Waals surface area contributed by atoms with E-state index in [4.69, 9.17) is 14.2 Å². The van der Waals surface area contributed by atoms with Gasteiger partial charge in [0.05, 0.1) is 18.8 Å². The molecule has 0 amide bonds. The van der Waals surface area contributed by atoms with Crippen molar-refractivity contribution in [1.82, 2.24) is 9.78 Å². The third-order valence-corrected chi connectivity index (χ3v) is 1.93. The Labute approximate surface area is 83.6 Å². The van der Waals surface area contributed by atoms with E-state index in [9.17, 15) is 0 Å². The third-order valence-electron chi connectivity index (χ3n) is 1.93. The summed E-state index contributed by atoms with van der Waals surface area (Å²) in [6.07, 6.45) is 1.35. The summed E-state index contributed by atoms with van der Waals surface area (Å²) in [7, 11) is 4.86. The lowest BCUT2D eigenvalue weighted by Gasteiger charge is -2.14. The summed E-state index contributed by atoms with van der Waals surface area (Å²) in [5.74, 6) is 0. The van der Waals surface area contributed by atoms with Gasteiger partial charge in [-0.15, -0.1) is 0 Å². The highest BCUT2D eigenvalue weighted by atomic mass is 16.7. The predicted molar refractivity (Wildman–Crippen MR) is 50.9 cm³/mol. The molecule has 0 bridgehead atoms. The van der Waals surface area contributed by atoms with E-state index in [0.29, 0.717) is 13.2 Å². The van der Waals surface area contributed by atoms with Crippen LogP contribution in [0.2, 0.25) is 0 Å². The van der Waals surface area contributed by atoms with Crippen molar-refractivity contribution < 1.29 is 14.2 Å². The highest BCUT2D eigenvalue weighted by Crippen LogP contribution is 2.16. The van der Waals surface area contributed by atoms with Crippen molar-refractivity contribution >= 4 is 0 Å². The molecule has 1 rings (SSSR count). The topological polar surface area (TPSA) is 45.5 Å². The van der Waals surface area contributed by atoms with Crippen molar-refractivity contribution in [3.05, 3.63) is 18.0 Å². The molecule has 0 aliphatic carbocycles. The van der Waals surface area contributed by atoms with E-state index in [2.05, 4.69) is 5.10 Å². The maximum atomic E-state index is 5.14. The van der Waals surface area contributed by atoms with Gasteiger partial charge < -0.3 is 14.2 Å². The Morgan fingerprint density at radius 3 is 2.64 bits per heavy atom. The number of hydrogen-bond acceptors (Lipinski definition) is 4. The Morgan fingerprint density at radius 1 is 1.36 bits per heavy atom. The summed E-state index contributed by atoms with van der Waals surface area (Å²) in [5, 5.41) is 4.15. The third kappa shape index (κ3) is 2.54. The SMILES string of the molecule is COCCn1nccc1C(OC)OC. The molecule has 0 aliphatic heterocycles. The molecule has 14 heavy (non-hydrogen) atoms. The highest BCUT2D eigenvalue weighted by Gasteiger charge is 2.13. The largest absolute Gasteiger partial charge is 0.383 e. The first kappa shape index (κ1) is 11.2. The van der Waals surface area contributed by atoms with Crippen LogP contribution < -0.4 is 0 Å². The van der Waals surface area contributed by atoms with Crippen molar-refractivity contribution in [2.75, 3.05) is 27.9 Å². The van der Waals surface area contributed by atoms with E-state index in [1.54, 1.807) is 32.2 Å². The van der Waals surface area contributed by atoms with E-state index in [-0.39, 0.29) is 6.29 Å². The summed E-state index contributed by atoms with van der Waals surface area (Å²) in [6.45, 7) is 1.32. The molecule has 1 heterocycles. The van der Waals surface area contributed by atoms with E-state index < -0.39 is 0 Å². The molecule has 0 aliphatic rings. The fraction of sp³-hybridized carbons (Fsp3) is 0.667. The Morgan fingerprint density at radius 2 is 2.07 bits per heavy atom. The van der Waals surface area contributed by atoms with Gasteiger partial charge >= 0.3 is 0 Å². The first-order valence-corrected chi connectivity index (χ1v) is 4.39. The van der Waals surface area contributed by atoms with Crippen LogP contribution in [0.5, 0.6) is 0 Å². The summed E-state index contributed by atoms with van der Waals surface area (Å²) in [4.78, 5) is 0. The molecule has 0 spiro atoms. The van der Waals surface area contributed by atoms with Gasteiger partial charge in [-0.05, 0) is 6.07 Å². The lowest BCUT2D eigenvalue weighted by atomic mass is 10.4. The first-order chi connectivity index (χ1) is 6.83. The molecular formula is C9H16N2O3. The number of rotatable bonds is 6. The van der Waals surface area contributed by atoms with Crippen molar-refractivity contribution in [3.63, 3.8) is 0 Å². The van der Waals surface area contributed by atoms with Crippen LogP contribution in [0.3, 0.4) is 0 Å². The fourth-order valence-electron chi connectivity index (χ4n) is 1.25. The summed E-state index contributed by atoms with van der Waals surface area (Å²) < 4.78 is 17.1. The molecule has 0 N–H and O–H groups in total. The predicted octanol–water partition coefficient (Wildman–Crippen LogP) is 0.821. The second-order valence-electron chi connectivity index (χ2n) is 2.78. The van der Waals surface area contributed by atoms with Crippen LogP contribution in [0.15, 0.2) is 12.3 Å². The minimum absolute atomic E-state index is 0.366. The maximum Gasteiger partial charge on any atom is 0.200 e. The van der Waals surface area contributed by atoms with Crippen LogP contribution in [0, 0.1) is 0 Å². The standard InChI is InChI=1S/C9H16N2O3/c1-12-7-6-11-8(4-5-10-11)9(13-2)14-3/h4-5,9H,6-7H2,1-3H3. The molecule has 5 nitrogen and oxygen atoms in total. The summed E-state index contributed by atoms with van der Waals surface area (Å²) in [5.41, 5.74) is 0.895. The van der Waals surface area contributed by atoms with Gasteiger partial charge in [-0.1, -0.05) is 0 Å². The molecule has 1 aromatic heterocycles. The fourth-order valence-corrected chi connectivity index (χ4v) is 1.25. The molecule has 0 aromatic carbocycles. The number of aromatic nitrogens is 2. The van der Waals surface area contributed by atoms with Gasteiger partial charge in [-0.3, -0.25) is 4.68 Å². The number of ether oxygens (including phenoxy) is 3. The van der Waals surface area contributed by atoms with Gasteiger partial charge in [-0.2, -0.15) is 5.10 Å². The summed E-state index contributed by atoms with van der Waals surface area (Å²) >= 11 is 0. The molecular weight excluding hydrogens is 184 g/mol. The van der Waals surface area contributed by atoms with Crippen molar-refractivity contribution in [2.45, 2.75) is 12.8 Å². The Kier molecular flexibility index (Phi) is 4.58. The average Bonchev–Trinajstić information content (AvgIpc) is 2.65. The van der Waals surface area contributed by atoms with Crippen molar-refractivity contribution in [1.29, 1.82) is 0 Å². The Hall–Kier alpha value is -0.910. The molecule has 5 heteroatoms. The molecule has 0 atom stereocenters. The molecule has 0 saturated heterocycles. The van der Waals surface area contributed by atoms with Crippen molar-refractivity contribution in [3.8, 4) is 0 Å². The molecule has 80 valence electrons. The number of nitrogens with zero attached hydrogens (tertiary/aromatic N) is 2. The normalized spacial score (nSPS) is 11.1. The molecule has 1 aromatic rings. The van der Waals surface area contributed by atoms with Gasteiger partial charge in [0.25, 0.3) is 0 Å². The lowest BCUT2D eigenvalue weighted by molar-refractivity contribution is -0.111. The zero-order chi connectivity index (χ0) is 10.4. The highest BCUT2D eigenvalue weighted by molar-refractivity contribution is 5.02. The van der Waals surface area contributed by atoms with Crippen LogP contribution in [0.25, 0.3) is 0 Å². The van der Waals surface area contributed by atoms with Crippen LogP contribution >= 0.6 is 0 Å². The second kappa shape index (κ2) is 5.74. The minimum atomic E-state index is -0.366. The second-order valence-corrected chi connectivity index (χ2v) is 2.78. The lowest BCUT2D eigenvalue weighted by Crippen LogP contribution is -2.14.